The lowest BCUT2D eigenvalue weighted by Gasteiger charge is -2.44. The zero-order valence-electron chi connectivity index (χ0n) is 16.1. The highest BCUT2D eigenvalue weighted by atomic mass is 32.2. The average Bonchev–Trinajstić information content (AvgIpc) is 2.93. The lowest BCUT2D eigenvalue weighted by atomic mass is 9.66. The van der Waals surface area contributed by atoms with Crippen LogP contribution in [0.15, 0.2) is 59.2 Å². The first-order chi connectivity index (χ1) is 13.8. The fourth-order valence-electron chi connectivity index (χ4n) is 5.29. The Kier molecular flexibility index (Phi) is 4.89. The Morgan fingerprint density at radius 3 is 3.00 bits per heavy atom. The van der Waals surface area contributed by atoms with Crippen molar-refractivity contribution < 1.29 is 4.79 Å². The molecule has 146 valence electrons. The lowest BCUT2D eigenvalue weighted by molar-refractivity contribution is -0.136. The van der Waals surface area contributed by atoms with Gasteiger partial charge in [0, 0.05) is 43.4 Å². The van der Waals surface area contributed by atoms with Gasteiger partial charge < -0.3 is 10.2 Å². The molecule has 4 nitrogen and oxygen atoms in total. The van der Waals surface area contributed by atoms with E-state index in [9.17, 15) is 4.79 Å². The van der Waals surface area contributed by atoms with Gasteiger partial charge in [0.25, 0.3) is 0 Å². The minimum atomic E-state index is -0.0611. The number of nitrogens with one attached hydrogen (secondary N) is 1. The summed E-state index contributed by atoms with van der Waals surface area (Å²) < 4.78 is -0.0611. The molecule has 1 spiro atoms. The van der Waals surface area contributed by atoms with Crippen LogP contribution in [0.2, 0.25) is 0 Å². The van der Waals surface area contributed by atoms with Crippen molar-refractivity contribution in [2.24, 2.45) is 16.8 Å². The van der Waals surface area contributed by atoms with Crippen molar-refractivity contribution in [2.75, 3.05) is 31.9 Å². The molecule has 5 heteroatoms. The summed E-state index contributed by atoms with van der Waals surface area (Å²) in [7, 11) is 0. The molecule has 4 aliphatic rings. The predicted molar refractivity (Wildman–Crippen MR) is 116 cm³/mol. The Morgan fingerprint density at radius 2 is 2.11 bits per heavy atom. The maximum Gasteiger partial charge on any atom is 0.226 e. The maximum atomic E-state index is 13.7. The minimum Gasteiger partial charge on any atom is -0.341 e. The molecule has 1 N–H and O–H groups in total. The Labute approximate surface area is 171 Å². The quantitative estimate of drug-likeness (QED) is 0.839. The molecule has 28 heavy (non-hydrogen) atoms. The van der Waals surface area contributed by atoms with Crippen LogP contribution in [-0.2, 0) is 4.79 Å². The van der Waals surface area contributed by atoms with Crippen molar-refractivity contribution in [2.45, 2.75) is 23.5 Å². The topological polar surface area (TPSA) is 44.7 Å². The van der Waals surface area contributed by atoms with E-state index in [0.29, 0.717) is 5.91 Å². The van der Waals surface area contributed by atoms with E-state index >= 15 is 0 Å². The SMILES string of the molecule is O=C(C1CSC23CC=CC=C2N=CC(c2ccccc2)C13)N1CCCNCC1. The number of amides is 1. The third-order valence-electron chi connectivity index (χ3n) is 6.65. The Morgan fingerprint density at radius 1 is 1.21 bits per heavy atom. The first-order valence-corrected chi connectivity index (χ1v) is 11.4. The molecule has 0 radical (unpaired) electrons. The number of carbonyl (C=O) groups excluding carboxylic acids is 1. The third kappa shape index (κ3) is 2.96. The summed E-state index contributed by atoms with van der Waals surface area (Å²) in [5.74, 6) is 1.75. The summed E-state index contributed by atoms with van der Waals surface area (Å²) in [4.78, 5) is 20.7. The third-order valence-corrected chi connectivity index (χ3v) is 8.34. The molecule has 1 aromatic carbocycles. The molecule has 0 aromatic heterocycles. The highest BCUT2D eigenvalue weighted by Crippen LogP contribution is 2.60. The smallest absolute Gasteiger partial charge is 0.226 e. The van der Waals surface area contributed by atoms with Crippen molar-refractivity contribution in [3.05, 3.63) is 59.8 Å². The van der Waals surface area contributed by atoms with Gasteiger partial charge in [-0.2, -0.15) is 0 Å². The van der Waals surface area contributed by atoms with Crippen LogP contribution in [-0.4, -0.2) is 53.7 Å². The standard InChI is InChI=1S/C23H27N3OS/c27-22(26-13-6-11-24-12-14-26)19-16-28-23-10-5-4-9-20(23)25-15-18(21(19)23)17-7-2-1-3-8-17/h1-5,7-9,15,18-19,21,24H,6,10-14,16H2. The Bertz CT molecular complexity index is 826. The fourth-order valence-corrected chi connectivity index (χ4v) is 7.10. The number of benzene rings is 1. The first kappa shape index (κ1) is 18.2. The summed E-state index contributed by atoms with van der Waals surface area (Å²) in [6.45, 7) is 3.61. The number of carbonyl (C=O) groups is 1. The van der Waals surface area contributed by atoms with Crippen molar-refractivity contribution in [1.82, 2.24) is 10.2 Å². The molecule has 2 saturated heterocycles. The molecule has 5 rings (SSSR count). The second-order valence-electron chi connectivity index (χ2n) is 8.16. The van der Waals surface area contributed by atoms with E-state index in [2.05, 4.69) is 65.0 Å². The molecule has 1 amide bonds. The number of hydrogen-bond acceptors (Lipinski definition) is 4. The van der Waals surface area contributed by atoms with E-state index in [1.54, 1.807) is 0 Å². The van der Waals surface area contributed by atoms with Gasteiger partial charge in [-0.15, -0.1) is 11.8 Å². The largest absolute Gasteiger partial charge is 0.341 e. The van der Waals surface area contributed by atoms with Crippen molar-refractivity contribution in [3.63, 3.8) is 0 Å². The van der Waals surface area contributed by atoms with Gasteiger partial charge in [0.15, 0.2) is 0 Å². The van der Waals surface area contributed by atoms with Gasteiger partial charge in [0.05, 0.1) is 16.4 Å². The van der Waals surface area contributed by atoms with Gasteiger partial charge in [-0.05, 0) is 31.0 Å². The van der Waals surface area contributed by atoms with Crippen LogP contribution in [0, 0.1) is 11.8 Å². The Hall–Kier alpha value is -1.85. The van der Waals surface area contributed by atoms with Gasteiger partial charge in [0.1, 0.15) is 0 Å². The summed E-state index contributed by atoms with van der Waals surface area (Å²) in [6, 6.07) is 10.6. The number of rotatable bonds is 2. The van der Waals surface area contributed by atoms with Gasteiger partial charge in [-0.1, -0.05) is 42.5 Å². The van der Waals surface area contributed by atoms with Crippen LogP contribution in [0.25, 0.3) is 0 Å². The lowest BCUT2D eigenvalue weighted by Crippen LogP contribution is -2.48. The normalized spacial score (nSPS) is 34.4. The second-order valence-corrected chi connectivity index (χ2v) is 9.51. The van der Waals surface area contributed by atoms with E-state index in [4.69, 9.17) is 4.99 Å². The number of thioether (sulfide) groups is 1. The van der Waals surface area contributed by atoms with Crippen molar-refractivity contribution in [3.8, 4) is 0 Å². The summed E-state index contributed by atoms with van der Waals surface area (Å²) >= 11 is 1.97. The number of nitrogens with zero attached hydrogens (tertiary/aromatic N) is 2. The van der Waals surface area contributed by atoms with Crippen molar-refractivity contribution >= 4 is 23.9 Å². The molecular weight excluding hydrogens is 366 g/mol. The van der Waals surface area contributed by atoms with E-state index in [0.717, 1.165) is 50.5 Å². The molecule has 3 aliphatic heterocycles. The molecular formula is C23H27N3OS. The van der Waals surface area contributed by atoms with Crippen LogP contribution >= 0.6 is 11.8 Å². The molecule has 4 unspecified atom stereocenters. The van der Waals surface area contributed by atoms with Crippen LogP contribution < -0.4 is 5.32 Å². The molecule has 0 saturated carbocycles. The number of allylic oxidation sites excluding steroid dienone is 3. The van der Waals surface area contributed by atoms with E-state index in [1.165, 1.54) is 5.56 Å². The number of hydrogen-bond donors (Lipinski definition) is 1. The van der Waals surface area contributed by atoms with E-state index in [1.807, 2.05) is 11.8 Å². The predicted octanol–water partition coefficient (Wildman–Crippen LogP) is 3.24. The average molecular weight is 394 g/mol. The Balaban J connectivity index is 1.53. The molecule has 2 fully saturated rings. The van der Waals surface area contributed by atoms with Gasteiger partial charge in [0.2, 0.25) is 5.91 Å². The minimum absolute atomic E-state index is 0.0509. The van der Waals surface area contributed by atoms with Gasteiger partial charge in [-0.3, -0.25) is 9.79 Å². The van der Waals surface area contributed by atoms with Gasteiger partial charge in [-0.25, -0.2) is 0 Å². The monoisotopic (exact) mass is 393 g/mol. The summed E-state index contributed by atoms with van der Waals surface area (Å²) in [5, 5.41) is 3.42. The highest BCUT2D eigenvalue weighted by molar-refractivity contribution is 8.01. The van der Waals surface area contributed by atoms with Crippen LogP contribution in [0.5, 0.6) is 0 Å². The van der Waals surface area contributed by atoms with Crippen molar-refractivity contribution in [1.29, 1.82) is 0 Å². The second kappa shape index (κ2) is 7.53. The summed E-state index contributed by atoms with van der Waals surface area (Å²) in [6.07, 6.45) is 10.7. The van der Waals surface area contributed by atoms with Crippen LogP contribution in [0.4, 0.5) is 0 Å². The van der Waals surface area contributed by atoms with Crippen LogP contribution in [0.1, 0.15) is 24.3 Å². The number of aliphatic imine (C=N–C) groups is 1. The summed E-state index contributed by atoms with van der Waals surface area (Å²) in [5.41, 5.74) is 2.44. The van der Waals surface area contributed by atoms with E-state index < -0.39 is 0 Å². The fraction of sp³-hybridized carbons (Fsp3) is 0.478. The molecule has 1 aliphatic carbocycles. The zero-order chi connectivity index (χ0) is 19.0. The molecule has 3 heterocycles. The highest BCUT2D eigenvalue weighted by Gasteiger charge is 2.58. The zero-order valence-corrected chi connectivity index (χ0v) is 16.9. The van der Waals surface area contributed by atoms with E-state index in [-0.39, 0.29) is 22.5 Å². The van der Waals surface area contributed by atoms with Gasteiger partial charge >= 0.3 is 0 Å². The van der Waals surface area contributed by atoms with Crippen LogP contribution in [0.3, 0.4) is 0 Å². The molecule has 1 aromatic rings. The molecule has 4 atom stereocenters. The first-order valence-electron chi connectivity index (χ1n) is 10.4. The molecule has 0 bridgehead atoms. The maximum absolute atomic E-state index is 13.7.